The van der Waals surface area contributed by atoms with Crippen LogP contribution in [0.15, 0.2) is 160 Å². The summed E-state index contributed by atoms with van der Waals surface area (Å²) in [5.41, 5.74) is 20.5. The zero-order chi connectivity index (χ0) is 99.0. The minimum Gasteiger partial charge on any atom is -0.508 e. The molecule has 0 amide bonds. The largest absolute Gasteiger partial charge is 0.508 e. The second kappa shape index (κ2) is 46.8. The first kappa shape index (κ1) is 106. The molecule has 10 N–H and O–H groups in total. The Morgan fingerprint density at radius 3 is 1.60 bits per heavy atom. The van der Waals surface area contributed by atoms with E-state index in [1.165, 1.54) is 48.0 Å². The lowest BCUT2D eigenvalue weighted by Gasteiger charge is -2.42. The zero-order valence-corrected chi connectivity index (χ0v) is 85.2. The number of benzene rings is 8. The van der Waals surface area contributed by atoms with E-state index in [0.717, 1.165) is 238 Å². The number of aliphatic hydroxyl groups is 2. The number of allylic oxidation sites excluding steroid dienone is 8. The Kier molecular flexibility index (Phi) is 36.9. The summed E-state index contributed by atoms with van der Waals surface area (Å²) in [5.74, 6) is 3.30. The number of carbonyl (C=O) groups is 1. The second-order valence-corrected chi connectivity index (χ2v) is 41.0. The molecular formula is C119H158O16. The molecule has 0 saturated heterocycles. The number of carboxylic acids is 1. The summed E-state index contributed by atoms with van der Waals surface area (Å²) >= 11 is 0. The number of rotatable bonds is 29. The third kappa shape index (κ3) is 25.7. The minimum atomic E-state index is -1.14. The Morgan fingerprint density at radius 1 is 0.556 bits per heavy atom. The molecule has 0 bridgehead atoms. The van der Waals surface area contributed by atoms with Crippen LogP contribution in [0.4, 0.5) is 0 Å². The third-order valence-corrected chi connectivity index (χ3v) is 27.7. The van der Waals surface area contributed by atoms with Crippen molar-refractivity contribution in [1.29, 1.82) is 0 Å². The molecule has 135 heavy (non-hydrogen) atoms. The van der Waals surface area contributed by atoms with Crippen molar-refractivity contribution in [1.82, 2.24) is 0 Å². The average Bonchev–Trinajstić information content (AvgIpc) is 1.61. The van der Waals surface area contributed by atoms with Gasteiger partial charge in [0.2, 0.25) is 0 Å². The maximum absolute atomic E-state index is 11.8. The van der Waals surface area contributed by atoms with Crippen LogP contribution in [0.1, 0.15) is 360 Å². The number of fused-ring (bicyclic) bond motifs is 13. The Morgan fingerprint density at radius 2 is 1.07 bits per heavy atom. The van der Waals surface area contributed by atoms with Crippen LogP contribution in [0, 0.1) is 31.6 Å². The maximum atomic E-state index is 11.8. The summed E-state index contributed by atoms with van der Waals surface area (Å²) in [4.78, 5) is 11.8. The lowest BCUT2D eigenvalue weighted by Crippen LogP contribution is -2.50. The SMILES string of the molecule is C=C(C)[C@@H]1CC[C@](C)(O)[C@H]2Oc3cc(CCC)c(C(=O)O)c(O)c3[C@@H]12.C=C(C)c1ccc(C)c2oc3cc(CCCCC)cc(O)c3c12.CCCCCc1cc(O)c2c(c1)oc1c(C)ccc(C(C)C)c12.CCCc1cc(O)c(C/C=C(\C)CCC=C(C)C)c(O)c1.CCCc1cc(O)c2c(c1)OC(C)(CCC=C(C)C)C=C2.CCCc1cc(O)c2c(c1)OC1C(C)CCC(C(C)(C)O)C21. The topological polar surface area (TPSA) is 273 Å². The van der Waals surface area contributed by atoms with Gasteiger partial charge in [0.15, 0.2) is 0 Å². The van der Waals surface area contributed by atoms with Crippen molar-refractivity contribution in [3.63, 3.8) is 0 Å². The number of phenolic OH excluding ortho intramolecular Hbond substituents is 6. The summed E-state index contributed by atoms with van der Waals surface area (Å²) in [6.45, 7) is 53.6. The van der Waals surface area contributed by atoms with Crippen molar-refractivity contribution < 1.29 is 78.9 Å². The summed E-state index contributed by atoms with van der Waals surface area (Å²) in [5, 5.41) is 108. The minimum absolute atomic E-state index is 0.0380. The van der Waals surface area contributed by atoms with Gasteiger partial charge in [-0.05, 0) is 357 Å². The van der Waals surface area contributed by atoms with Crippen LogP contribution in [0.2, 0.25) is 0 Å². The van der Waals surface area contributed by atoms with Gasteiger partial charge in [-0.3, -0.25) is 0 Å². The molecule has 16 heteroatoms. The van der Waals surface area contributed by atoms with Gasteiger partial charge in [-0.2, -0.15) is 0 Å². The number of unbranched alkanes of at least 4 members (excludes halogenated alkanes) is 4. The molecular weight excluding hydrogens is 1690 g/mol. The van der Waals surface area contributed by atoms with E-state index < -0.39 is 23.3 Å². The van der Waals surface area contributed by atoms with Gasteiger partial charge in [0.1, 0.15) is 103 Å². The monoisotopic (exact) mass is 1840 g/mol. The molecule has 3 aliphatic heterocycles. The van der Waals surface area contributed by atoms with Gasteiger partial charge in [-0.25, -0.2) is 4.79 Å². The highest BCUT2D eigenvalue weighted by Crippen LogP contribution is 2.59. The second-order valence-electron chi connectivity index (χ2n) is 41.0. The van der Waals surface area contributed by atoms with Crippen molar-refractivity contribution in [2.45, 2.75) is 360 Å². The van der Waals surface area contributed by atoms with Gasteiger partial charge in [0.05, 0.1) is 27.5 Å². The van der Waals surface area contributed by atoms with Gasteiger partial charge in [-0.1, -0.05) is 197 Å². The Balaban J connectivity index is 0.000000168. The fourth-order valence-corrected chi connectivity index (χ4v) is 20.5. The van der Waals surface area contributed by atoms with Crippen LogP contribution in [-0.2, 0) is 44.9 Å². The van der Waals surface area contributed by atoms with Crippen molar-refractivity contribution in [2.75, 3.05) is 0 Å². The molecule has 2 saturated carbocycles. The molecule has 5 heterocycles. The van der Waals surface area contributed by atoms with Crippen molar-refractivity contribution in [2.24, 2.45) is 17.8 Å². The number of phenols is 7. The number of carboxylic acid groups (broad SMARTS) is 1. The Hall–Kier alpha value is -10.8. The first-order valence-electron chi connectivity index (χ1n) is 50.1. The zero-order valence-electron chi connectivity index (χ0n) is 85.2. The fraction of sp³-hybridized carbons (Fsp3) is 0.487. The number of aryl methyl sites for hydroxylation is 8. The fourth-order valence-electron chi connectivity index (χ4n) is 20.5. The highest BCUT2D eigenvalue weighted by atomic mass is 16.5. The lowest BCUT2D eigenvalue weighted by molar-refractivity contribution is -0.0824. The van der Waals surface area contributed by atoms with Crippen LogP contribution in [-0.4, -0.2) is 86.0 Å². The maximum Gasteiger partial charge on any atom is 0.339 e. The smallest absolute Gasteiger partial charge is 0.339 e. The predicted octanol–water partition coefficient (Wildman–Crippen LogP) is 31.0. The number of hydrogen-bond donors (Lipinski definition) is 10. The lowest BCUT2D eigenvalue weighted by atomic mass is 9.65. The van der Waals surface area contributed by atoms with Crippen molar-refractivity contribution in [3.05, 3.63) is 234 Å². The molecule has 2 aromatic heterocycles. The predicted molar refractivity (Wildman–Crippen MR) is 556 cm³/mol. The van der Waals surface area contributed by atoms with Crippen LogP contribution in [0.25, 0.3) is 55.5 Å². The Bertz CT molecular complexity index is 5930. The molecule has 9 atom stereocenters. The summed E-state index contributed by atoms with van der Waals surface area (Å²) < 4.78 is 30.7. The number of furan rings is 2. The molecule has 10 aromatic rings. The molecule has 8 aromatic carbocycles. The highest BCUT2D eigenvalue weighted by molar-refractivity contribution is 6.14. The van der Waals surface area contributed by atoms with Crippen molar-refractivity contribution in [3.8, 4) is 57.5 Å². The third-order valence-electron chi connectivity index (χ3n) is 27.7. The molecule has 15 rings (SSSR count). The van der Waals surface area contributed by atoms with Crippen LogP contribution >= 0.6 is 0 Å². The molecule has 0 radical (unpaired) electrons. The standard InChI is InChI=1S/C21H26O2.C21H24O2.C20H26O5.C19H28O3.C19H26O2.C19H28O2/c2*1-5-6-7-8-15-11-17(22)20-18(12-15)23-21-14(4)9-10-16(13(2)3)19(20)21;1-5-6-11-9-13-16(17(21)14(11)19(22)23)15-12(10(2)3)7-8-20(4,24)18(15)25-13;1-5-6-12-9-14(20)17-15(10-12)22-18-11(2)7-8-13(16(17)18)19(3,4)21;1-5-7-15-12-17(20)16-9-11-19(4,21-18(16)13-15)10-6-8-14(2)3;1-5-7-16-12-18(20)17(19(21)13-16)11-10-15(4)9-6-8-14(2)3/h9-13,22H,5-8H2,1-4H3;9-12,22H,2,5-8H2,1,3-4H3;9,12,15,18,21,24H,2,5-8H2,1,3-4H3,(H,22,23);9-11,13,16,18,20-21H,5-8H2,1-4H3;8-9,11-13,20H,5-7,10H2,1-4H3;8,10,12-13,20-21H,5-7,9,11H2,1-4H3/b;;;;;15-10+/t;;12-,15+,18-,20-;;;/m..0.../s1. The summed E-state index contributed by atoms with van der Waals surface area (Å²) in [6.07, 6.45) is 34.4. The number of aromatic hydroxyl groups is 7. The van der Waals surface area contributed by atoms with Crippen molar-refractivity contribution >= 4 is 61.5 Å². The van der Waals surface area contributed by atoms with E-state index in [4.69, 9.17) is 23.0 Å². The molecule has 0 spiro atoms. The molecule has 16 nitrogen and oxygen atoms in total. The van der Waals surface area contributed by atoms with Gasteiger partial charge in [-0.15, -0.1) is 0 Å². The van der Waals surface area contributed by atoms with E-state index in [1.807, 2.05) is 78.0 Å². The molecule has 730 valence electrons. The first-order chi connectivity index (χ1) is 63.9. The van der Waals surface area contributed by atoms with E-state index in [2.05, 4.69) is 184 Å². The van der Waals surface area contributed by atoms with E-state index in [1.54, 1.807) is 25.1 Å². The van der Waals surface area contributed by atoms with E-state index in [0.29, 0.717) is 76.5 Å². The molecule has 5 unspecified atom stereocenters. The normalized spacial score (nSPS) is 19.4. The molecule has 2 aliphatic carbocycles. The molecule has 5 aliphatic rings. The molecule has 2 fully saturated rings. The van der Waals surface area contributed by atoms with E-state index in [9.17, 15) is 55.9 Å². The highest BCUT2D eigenvalue weighted by Gasteiger charge is 2.55. The van der Waals surface area contributed by atoms with Gasteiger partial charge in [0.25, 0.3) is 0 Å². The van der Waals surface area contributed by atoms with Crippen LogP contribution < -0.4 is 14.2 Å². The van der Waals surface area contributed by atoms with E-state index >= 15 is 0 Å². The van der Waals surface area contributed by atoms with Gasteiger partial charge in [0, 0.05) is 39.3 Å². The number of aromatic carboxylic acids is 1. The number of ether oxygens (including phenoxy) is 3. The van der Waals surface area contributed by atoms with Crippen LogP contribution in [0.5, 0.6) is 57.5 Å². The Labute approximate surface area is 804 Å². The first-order valence-corrected chi connectivity index (χ1v) is 50.1. The quantitative estimate of drug-likeness (QED) is 0.0154. The number of hydrogen-bond acceptors (Lipinski definition) is 15. The summed E-state index contributed by atoms with van der Waals surface area (Å²) in [7, 11) is 0. The van der Waals surface area contributed by atoms with E-state index in [-0.39, 0.29) is 58.2 Å². The van der Waals surface area contributed by atoms with Gasteiger partial charge < -0.3 is 74.1 Å². The summed E-state index contributed by atoms with van der Waals surface area (Å²) in [6, 6.07) is 29.5. The average molecular weight is 1840 g/mol. The van der Waals surface area contributed by atoms with Crippen LogP contribution in [0.3, 0.4) is 0 Å². The van der Waals surface area contributed by atoms with Gasteiger partial charge >= 0.3 is 5.97 Å².